The van der Waals surface area contributed by atoms with Gasteiger partial charge in [-0.3, -0.25) is 4.79 Å². The third-order valence-corrected chi connectivity index (χ3v) is 2.68. The lowest BCUT2D eigenvalue weighted by Gasteiger charge is -2.05. The van der Waals surface area contributed by atoms with Crippen molar-refractivity contribution >= 4 is 33.5 Å². The van der Waals surface area contributed by atoms with Crippen LogP contribution < -0.4 is 11.1 Å². The van der Waals surface area contributed by atoms with Gasteiger partial charge in [0.2, 0.25) is 0 Å². The van der Waals surface area contributed by atoms with Gasteiger partial charge >= 0.3 is 0 Å². The standard InChI is InChI=1S/C11H9BrN4O/c12-8-2-1-5-14-10(8)16-11(17)7-3-4-9(13)15-6-7/h1-6H,(H2,13,15)(H,14,16,17). The third-order valence-electron chi connectivity index (χ3n) is 2.04. The van der Waals surface area contributed by atoms with Crippen molar-refractivity contribution in [3.05, 3.63) is 46.7 Å². The smallest absolute Gasteiger partial charge is 0.258 e. The second-order valence-electron chi connectivity index (χ2n) is 3.26. The van der Waals surface area contributed by atoms with Gasteiger partial charge < -0.3 is 11.1 Å². The van der Waals surface area contributed by atoms with E-state index in [1.807, 2.05) is 0 Å². The zero-order valence-corrected chi connectivity index (χ0v) is 10.3. The number of carbonyl (C=O) groups is 1. The summed E-state index contributed by atoms with van der Waals surface area (Å²) in [5, 5.41) is 2.67. The molecule has 2 rings (SSSR count). The maximum Gasteiger partial charge on any atom is 0.258 e. The Morgan fingerprint density at radius 2 is 2.12 bits per heavy atom. The summed E-state index contributed by atoms with van der Waals surface area (Å²) in [5.41, 5.74) is 5.87. The Kier molecular flexibility index (Phi) is 3.34. The van der Waals surface area contributed by atoms with E-state index in [0.29, 0.717) is 17.2 Å². The van der Waals surface area contributed by atoms with E-state index >= 15 is 0 Å². The summed E-state index contributed by atoms with van der Waals surface area (Å²) in [5.74, 6) is 0.562. The van der Waals surface area contributed by atoms with Crippen LogP contribution in [0.5, 0.6) is 0 Å². The molecule has 6 heteroatoms. The van der Waals surface area contributed by atoms with Crippen LogP contribution in [0.4, 0.5) is 11.6 Å². The molecule has 1 amide bonds. The van der Waals surface area contributed by atoms with E-state index < -0.39 is 0 Å². The molecule has 0 saturated heterocycles. The highest BCUT2D eigenvalue weighted by Crippen LogP contribution is 2.18. The highest BCUT2D eigenvalue weighted by molar-refractivity contribution is 9.10. The van der Waals surface area contributed by atoms with Crippen LogP contribution in [-0.2, 0) is 0 Å². The zero-order valence-electron chi connectivity index (χ0n) is 8.72. The first-order valence-corrected chi connectivity index (χ1v) is 5.59. The number of halogens is 1. The molecule has 2 aromatic heterocycles. The zero-order chi connectivity index (χ0) is 12.3. The monoisotopic (exact) mass is 292 g/mol. The summed E-state index contributed by atoms with van der Waals surface area (Å²) in [7, 11) is 0. The van der Waals surface area contributed by atoms with Crippen LogP contribution >= 0.6 is 15.9 Å². The van der Waals surface area contributed by atoms with E-state index in [1.165, 1.54) is 6.20 Å². The van der Waals surface area contributed by atoms with Crippen LogP contribution in [0.1, 0.15) is 10.4 Å². The maximum atomic E-state index is 11.8. The number of pyridine rings is 2. The molecule has 0 radical (unpaired) electrons. The van der Waals surface area contributed by atoms with Crippen molar-refractivity contribution in [3.63, 3.8) is 0 Å². The first-order chi connectivity index (χ1) is 8.16. The van der Waals surface area contributed by atoms with Crippen LogP contribution in [0.15, 0.2) is 41.1 Å². The molecule has 86 valence electrons. The van der Waals surface area contributed by atoms with Crippen molar-refractivity contribution in [2.75, 3.05) is 11.1 Å². The number of rotatable bonds is 2. The Hall–Kier alpha value is -1.95. The number of nitrogens with one attached hydrogen (secondary N) is 1. The molecule has 3 N–H and O–H groups in total. The van der Waals surface area contributed by atoms with E-state index in [4.69, 9.17) is 5.73 Å². The van der Waals surface area contributed by atoms with Crippen LogP contribution in [0.3, 0.4) is 0 Å². The van der Waals surface area contributed by atoms with Crippen molar-refractivity contribution in [3.8, 4) is 0 Å². The fourth-order valence-corrected chi connectivity index (χ4v) is 1.55. The predicted octanol–water partition coefficient (Wildman–Crippen LogP) is 2.07. The summed E-state index contributed by atoms with van der Waals surface area (Å²) in [6, 6.07) is 6.74. The van der Waals surface area contributed by atoms with Gasteiger partial charge in [-0.15, -0.1) is 0 Å². The quantitative estimate of drug-likeness (QED) is 0.888. The van der Waals surface area contributed by atoms with Crippen molar-refractivity contribution in [1.82, 2.24) is 9.97 Å². The highest BCUT2D eigenvalue weighted by atomic mass is 79.9. The molecule has 0 saturated carbocycles. The van der Waals surface area contributed by atoms with Crippen LogP contribution in [0, 0.1) is 0 Å². The number of nitrogens with zero attached hydrogens (tertiary/aromatic N) is 2. The van der Waals surface area contributed by atoms with E-state index in [9.17, 15) is 4.79 Å². The summed E-state index contributed by atoms with van der Waals surface area (Å²) >= 11 is 3.30. The normalized spacial score (nSPS) is 9.94. The number of hydrogen-bond acceptors (Lipinski definition) is 4. The molecule has 0 spiro atoms. The minimum atomic E-state index is -0.281. The second kappa shape index (κ2) is 4.92. The first-order valence-electron chi connectivity index (χ1n) is 4.80. The molecule has 17 heavy (non-hydrogen) atoms. The molecule has 0 bridgehead atoms. The Morgan fingerprint density at radius 1 is 1.29 bits per heavy atom. The lowest BCUT2D eigenvalue weighted by molar-refractivity contribution is 0.102. The summed E-state index contributed by atoms with van der Waals surface area (Å²) in [6.07, 6.45) is 3.02. The topological polar surface area (TPSA) is 80.9 Å². The highest BCUT2D eigenvalue weighted by Gasteiger charge is 2.08. The third kappa shape index (κ3) is 2.79. The maximum absolute atomic E-state index is 11.8. The molecular formula is C11H9BrN4O. The molecule has 0 aliphatic heterocycles. The van der Waals surface area contributed by atoms with Gasteiger partial charge in [-0.2, -0.15) is 0 Å². The van der Waals surface area contributed by atoms with Crippen LogP contribution in [0.2, 0.25) is 0 Å². The number of nitrogens with two attached hydrogens (primary N) is 1. The van der Waals surface area contributed by atoms with Crippen LogP contribution in [-0.4, -0.2) is 15.9 Å². The molecule has 0 aliphatic rings. The summed E-state index contributed by atoms with van der Waals surface area (Å²) < 4.78 is 0.719. The lowest BCUT2D eigenvalue weighted by atomic mass is 10.2. The molecule has 0 aromatic carbocycles. The Morgan fingerprint density at radius 3 is 2.76 bits per heavy atom. The fourth-order valence-electron chi connectivity index (χ4n) is 1.20. The predicted molar refractivity (Wildman–Crippen MR) is 68.5 cm³/mol. The van der Waals surface area contributed by atoms with Crippen LogP contribution in [0.25, 0.3) is 0 Å². The van der Waals surface area contributed by atoms with Gasteiger partial charge in [0.1, 0.15) is 11.6 Å². The van der Waals surface area contributed by atoms with E-state index in [-0.39, 0.29) is 5.91 Å². The number of nitrogen functional groups attached to an aromatic ring is 1. The SMILES string of the molecule is Nc1ccc(C(=O)Nc2ncccc2Br)cn1. The van der Waals surface area contributed by atoms with Gasteiger partial charge in [0.05, 0.1) is 10.0 Å². The van der Waals surface area contributed by atoms with Crippen molar-refractivity contribution in [1.29, 1.82) is 0 Å². The molecule has 0 atom stereocenters. The van der Waals surface area contributed by atoms with Gasteiger partial charge in [0, 0.05) is 12.4 Å². The van der Waals surface area contributed by atoms with E-state index in [1.54, 1.807) is 30.5 Å². The average molecular weight is 293 g/mol. The van der Waals surface area contributed by atoms with Gasteiger partial charge in [-0.25, -0.2) is 9.97 Å². The van der Waals surface area contributed by atoms with Gasteiger partial charge in [0.15, 0.2) is 0 Å². The van der Waals surface area contributed by atoms with Gasteiger partial charge in [-0.05, 0) is 40.2 Å². The number of carbonyl (C=O) groups excluding carboxylic acids is 1. The Labute approximate surface area is 106 Å². The van der Waals surface area contributed by atoms with Crippen molar-refractivity contribution in [2.24, 2.45) is 0 Å². The molecule has 2 heterocycles. The number of hydrogen-bond donors (Lipinski definition) is 2. The summed E-state index contributed by atoms with van der Waals surface area (Å²) in [6.45, 7) is 0. The van der Waals surface area contributed by atoms with Crippen molar-refractivity contribution in [2.45, 2.75) is 0 Å². The van der Waals surface area contributed by atoms with Gasteiger partial charge in [0.25, 0.3) is 5.91 Å². The lowest BCUT2D eigenvalue weighted by Crippen LogP contribution is -2.13. The first kappa shape index (κ1) is 11.5. The molecule has 0 fully saturated rings. The molecule has 0 aliphatic carbocycles. The Bertz CT molecular complexity index is 541. The molecule has 5 nitrogen and oxygen atoms in total. The minimum Gasteiger partial charge on any atom is -0.384 e. The fraction of sp³-hybridized carbons (Fsp3) is 0. The molecule has 0 unspecified atom stereocenters. The van der Waals surface area contributed by atoms with E-state index in [2.05, 4.69) is 31.2 Å². The Balaban J connectivity index is 2.17. The molecular weight excluding hydrogens is 284 g/mol. The summed E-state index contributed by atoms with van der Waals surface area (Å²) in [4.78, 5) is 19.7. The van der Waals surface area contributed by atoms with Gasteiger partial charge in [-0.1, -0.05) is 0 Å². The largest absolute Gasteiger partial charge is 0.384 e. The van der Waals surface area contributed by atoms with E-state index in [0.717, 1.165) is 4.47 Å². The second-order valence-corrected chi connectivity index (χ2v) is 4.11. The number of amides is 1. The molecule has 2 aromatic rings. The number of aromatic nitrogens is 2. The number of anilines is 2. The minimum absolute atomic E-state index is 0.281. The van der Waals surface area contributed by atoms with Crippen molar-refractivity contribution < 1.29 is 4.79 Å². The average Bonchev–Trinajstić information content (AvgIpc) is 2.33.